The van der Waals surface area contributed by atoms with Crippen molar-refractivity contribution in [1.29, 1.82) is 0 Å². The van der Waals surface area contributed by atoms with Gasteiger partial charge in [0.25, 0.3) is 0 Å². The van der Waals surface area contributed by atoms with Crippen molar-refractivity contribution in [2.45, 2.75) is 39.5 Å². The molecule has 0 fully saturated rings. The van der Waals surface area contributed by atoms with Crippen LogP contribution in [0.2, 0.25) is 0 Å². The Morgan fingerprint density at radius 3 is 2.61 bits per heavy atom. The maximum absolute atomic E-state index is 5.33. The lowest BCUT2D eigenvalue weighted by atomic mass is 10.00. The Morgan fingerprint density at radius 1 is 1.00 bits per heavy atom. The van der Waals surface area contributed by atoms with E-state index in [4.69, 9.17) is 4.74 Å². The molecule has 0 amide bonds. The SMILES string of the molecule is CCCCCc1ccc(-c2cc3ccc(OC)cc3s2)c(C)c1. The van der Waals surface area contributed by atoms with Crippen molar-refractivity contribution in [3.05, 3.63) is 53.6 Å². The summed E-state index contributed by atoms with van der Waals surface area (Å²) >= 11 is 1.84. The zero-order chi connectivity index (χ0) is 16.2. The number of hydrogen-bond donors (Lipinski definition) is 0. The third-order valence-electron chi connectivity index (χ3n) is 4.35. The predicted molar refractivity (Wildman–Crippen MR) is 102 cm³/mol. The van der Waals surface area contributed by atoms with Crippen molar-refractivity contribution in [3.63, 3.8) is 0 Å². The molecule has 0 radical (unpaired) electrons. The van der Waals surface area contributed by atoms with E-state index in [0.717, 1.165) is 5.75 Å². The Labute approximate surface area is 142 Å². The van der Waals surface area contributed by atoms with Crippen molar-refractivity contribution < 1.29 is 4.74 Å². The minimum atomic E-state index is 0.925. The lowest BCUT2D eigenvalue weighted by Crippen LogP contribution is -1.88. The molecule has 3 aromatic rings. The molecule has 23 heavy (non-hydrogen) atoms. The van der Waals surface area contributed by atoms with E-state index >= 15 is 0 Å². The first-order valence-electron chi connectivity index (χ1n) is 8.38. The minimum Gasteiger partial charge on any atom is -0.497 e. The number of benzene rings is 2. The van der Waals surface area contributed by atoms with Crippen LogP contribution < -0.4 is 4.74 Å². The van der Waals surface area contributed by atoms with Gasteiger partial charge in [-0.15, -0.1) is 11.3 Å². The van der Waals surface area contributed by atoms with E-state index < -0.39 is 0 Å². The van der Waals surface area contributed by atoms with Crippen LogP contribution in [-0.2, 0) is 6.42 Å². The largest absolute Gasteiger partial charge is 0.497 e. The van der Waals surface area contributed by atoms with Gasteiger partial charge in [0.15, 0.2) is 0 Å². The van der Waals surface area contributed by atoms with Gasteiger partial charge in [0, 0.05) is 9.58 Å². The van der Waals surface area contributed by atoms with E-state index in [1.54, 1.807) is 7.11 Å². The van der Waals surface area contributed by atoms with Gasteiger partial charge in [0.05, 0.1) is 7.11 Å². The molecular formula is C21H24OS. The summed E-state index contributed by atoms with van der Waals surface area (Å²) in [4.78, 5) is 1.34. The van der Waals surface area contributed by atoms with Crippen LogP contribution in [0.1, 0.15) is 37.3 Å². The van der Waals surface area contributed by atoms with Crippen LogP contribution >= 0.6 is 11.3 Å². The molecule has 3 rings (SSSR count). The first kappa shape index (κ1) is 16.1. The number of hydrogen-bond acceptors (Lipinski definition) is 2. The molecule has 0 atom stereocenters. The van der Waals surface area contributed by atoms with Crippen molar-refractivity contribution in [3.8, 4) is 16.2 Å². The zero-order valence-corrected chi connectivity index (χ0v) is 15.0. The van der Waals surface area contributed by atoms with Crippen molar-refractivity contribution in [2.24, 2.45) is 0 Å². The Bertz CT molecular complexity index is 801. The highest BCUT2D eigenvalue weighted by Gasteiger charge is 2.08. The Hall–Kier alpha value is -1.80. The number of methoxy groups -OCH3 is 1. The normalized spacial score (nSPS) is 11.1. The lowest BCUT2D eigenvalue weighted by molar-refractivity contribution is 0.415. The quantitative estimate of drug-likeness (QED) is 0.463. The van der Waals surface area contributed by atoms with Gasteiger partial charge in [-0.05, 0) is 66.1 Å². The summed E-state index contributed by atoms with van der Waals surface area (Å²) in [6.07, 6.45) is 5.08. The summed E-state index contributed by atoms with van der Waals surface area (Å²) in [6.45, 7) is 4.48. The molecule has 0 saturated carbocycles. The van der Waals surface area contributed by atoms with Crippen molar-refractivity contribution in [1.82, 2.24) is 0 Å². The van der Waals surface area contributed by atoms with Crippen LogP contribution in [0.4, 0.5) is 0 Å². The molecule has 0 aliphatic rings. The second-order valence-electron chi connectivity index (χ2n) is 6.12. The van der Waals surface area contributed by atoms with E-state index in [1.807, 2.05) is 17.4 Å². The lowest BCUT2D eigenvalue weighted by Gasteiger charge is -2.07. The fraction of sp³-hybridized carbons (Fsp3) is 0.333. The van der Waals surface area contributed by atoms with Gasteiger partial charge in [-0.3, -0.25) is 0 Å². The molecule has 0 saturated heterocycles. The van der Waals surface area contributed by atoms with Gasteiger partial charge in [0.1, 0.15) is 5.75 Å². The van der Waals surface area contributed by atoms with E-state index in [2.05, 4.69) is 50.2 Å². The topological polar surface area (TPSA) is 9.23 Å². The predicted octanol–water partition coefficient (Wildman–Crippen LogP) is 6.62. The molecule has 0 aliphatic carbocycles. The monoisotopic (exact) mass is 324 g/mol. The summed E-state index contributed by atoms with van der Waals surface area (Å²) in [5.74, 6) is 0.925. The van der Waals surface area contributed by atoms with E-state index in [1.165, 1.54) is 57.3 Å². The summed E-state index contributed by atoms with van der Waals surface area (Å²) in [5, 5.41) is 1.29. The van der Waals surface area contributed by atoms with Crippen molar-refractivity contribution >= 4 is 21.4 Å². The summed E-state index contributed by atoms with van der Waals surface area (Å²) in [5.41, 5.74) is 4.18. The third-order valence-corrected chi connectivity index (χ3v) is 5.48. The van der Waals surface area contributed by atoms with Gasteiger partial charge in [-0.25, -0.2) is 0 Å². The highest BCUT2D eigenvalue weighted by atomic mass is 32.1. The zero-order valence-electron chi connectivity index (χ0n) is 14.2. The van der Waals surface area contributed by atoms with Crippen LogP contribution in [0, 0.1) is 6.92 Å². The molecule has 0 spiro atoms. The third kappa shape index (κ3) is 3.59. The van der Waals surface area contributed by atoms with Gasteiger partial charge >= 0.3 is 0 Å². The smallest absolute Gasteiger partial charge is 0.120 e. The van der Waals surface area contributed by atoms with Crippen LogP contribution in [0.25, 0.3) is 20.5 Å². The van der Waals surface area contributed by atoms with E-state index in [0.29, 0.717) is 0 Å². The Kier molecular flexibility index (Phi) is 5.02. The van der Waals surface area contributed by atoms with Gasteiger partial charge in [-0.2, -0.15) is 0 Å². The van der Waals surface area contributed by atoms with Gasteiger partial charge in [-0.1, -0.05) is 38.0 Å². The maximum Gasteiger partial charge on any atom is 0.120 e. The van der Waals surface area contributed by atoms with Crippen LogP contribution in [-0.4, -0.2) is 7.11 Å². The maximum atomic E-state index is 5.33. The fourth-order valence-electron chi connectivity index (χ4n) is 3.01. The molecule has 1 aromatic heterocycles. The number of unbranched alkanes of at least 4 members (excludes halogenated alkanes) is 2. The Balaban J connectivity index is 1.89. The van der Waals surface area contributed by atoms with E-state index in [9.17, 15) is 0 Å². The highest BCUT2D eigenvalue weighted by molar-refractivity contribution is 7.22. The first-order chi connectivity index (χ1) is 11.2. The van der Waals surface area contributed by atoms with E-state index in [-0.39, 0.29) is 0 Å². The number of thiophene rings is 1. The standard InChI is InChI=1S/C21H24OS/c1-4-5-6-7-16-8-11-19(15(2)12-16)21-13-17-9-10-18(22-3)14-20(17)23-21/h8-14H,4-7H2,1-3H3. The molecule has 0 N–H and O–H groups in total. The van der Waals surface area contributed by atoms with Crippen LogP contribution in [0.3, 0.4) is 0 Å². The van der Waals surface area contributed by atoms with Crippen LogP contribution in [0.5, 0.6) is 5.75 Å². The molecule has 0 bridgehead atoms. The first-order valence-corrected chi connectivity index (χ1v) is 9.20. The summed E-state index contributed by atoms with van der Waals surface area (Å²) in [7, 11) is 1.72. The summed E-state index contributed by atoms with van der Waals surface area (Å²) < 4.78 is 6.61. The molecule has 1 nitrogen and oxygen atoms in total. The molecule has 1 heterocycles. The molecule has 2 heteroatoms. The number of fused-ring (bicyclic) bond motifs is 1. The molecular weight excluding hydrogens is 300 g/mol. The summed E-state index contributed by atoms with van der Waals surface area (Å²) in [6, 6.07) is 15.5. The highest BCUT2D eigenvalue weighted by Crippen LogP contribution is 2.37. The molecule has 120 valence electrons. The molecule has 2 aromatic carbocycles. The van der Waals surface area contributed by atoms with Crippen LogP contribution in [0.15, 0.2) is 42.5 Å². The van der Waals surface area contributed by atoms with Gasteiger partial charge in [0.2, 0.25) is 0 Å². The van der Waals surface area contributed by atoms with Crippen molar-refractivity contribution in [2.75, 3.05) is 7.11 Å². The number of ether oxygens (including phenoxy) is 1. The second-order valence-corrected chi connectivity index (χ2v) is 7.20. The second kappa shape index (κ2) is 7.18. The average Bonchev–Trinajstić information content (AvgIpc) is 2.97. The molecule has 0 unspecified atom stereocenters. The molecule has 0 aliphatic heterocycles. The number of aryl methyl sites for hydroxylation is 2. The minimum absolute atomic E-state index is 0.925. The Morgan fingerprint density at radius 2 is 1.87 bits per heavy atom. The van der Waals surface area contributed by atoms with Gasteiger partial charge < -0.3 is 4.74 Å². The fourth-order valence-corrected chi connectivity index (χ4v) is 4.19. The average molecular weight is 324 g/mol. The number of rotatable bonds is 6.